The van der Waals surface area contributed by atoms with Crippen molar-refractivity contribution < 1.29 is 8.42 Å². The van der Waals surface area contributed by atoms with Gasteiger partial charge in [0.1, 0.15) is 0 Å². The zero-order valence-corrected chi connectivity index (χ0v) is 20.6. The number of sulfonamides is 1. The zero-order chi connectivity index (χ0) is 23.7. The molecule has 2 heterocycles. The summed E-state index contributed by atoms with van der Waals surface area (Å²) in [6.07, 6.45) is 1.73. The van der Waals surface area contributed by atoms with Gasteiger partial charge < -0.3 is 4.90 Å². The van der Waals surface area contributed by atoms with E-state index in [1.54, 1.807) is 22.8 Å². The highest BCUT2D eigenvalue weighted by molar-refractivity contribution is 7.89. The largest absolute Gasteiger partial charge is 0.368 e. The molecule has 1 N–H and O–H groups in total. The molecule has 34 heavy (non-hydrogen) atoms. The van der Waals surface area contributed by atoms with Crippen LogP contribution in [0.3, 0.4) is 0 Å². The van der Waals surface area contributed by atoms with Crippen LogP contribution in [0.1, 0.15) is 24.5 Å². The number of benzene rings is 3. The Bertz CT molecular complexity index is 1480. The van der Waals surface area contributed by atoms with E-state index in [1.807, 2.05) is 36.4 Å². The number of nitrogens with zero attached hydrogens (tertiary/aromatic N) is 2. The Kier molecular flexibility index (Phi) is 6.29. The van der Waals surface area contributed by atoms with Gasteiger partial charge in [-0.25, -0.2) is 13.1 Å². The van der Waals surface area contributed by atoms with Crippen molar-refractivity contribution in [2.45, 2.75) is 37.2 Å². The molecule has 0 bridgehead atoms. The molecule has 0 fully saturated rings. The van der Waals surface area contributed by atoms with Crippen molar-refractivity contribution in [2.75, 3.05) is 18.0 Å². The Labute approximate surface area is 203 Å². The van der Waals surface area contributed by atoms with Gasteiger partial charge in [0.25, 0.3) is 0 Å². The maximum absolute atomic E-state index is 12.9. The first kappa shape index (κ1) is 22.8. The lowest BCUT2D eigenvalue weighted by molar-refractivity contribution is 0.576. The van der Waals surface area contributed by atoms with Gasteiger partial charge in [-0.2, -0.15) is 0 Å². The molecule has 176 valence electrons. The molecule has 1 aliphatic heterocycles. The van der Waals surface area contributed by atoms with Crippen LogP contribution in [0, 0.1) is 0 Å². The summed E-state index contributed by atoms with van der Waals surface area (Å²) < 4.78 is 30.9. The van der Waals surface area contributed by atoms with Gasteiger partial charge in [0.15, 0.2) is 0 Å². The Hall–Kier alpha value is -2.94. The molecule has 0 radical (unpaired) electrons. The zero-order valence-electron chi connectivity index (χ0n) is 19.0. The molecule has 5 rings (SSSR count). The van der Waals surface area contributed by atoms with E-state index in [-0.39, 0.29) is 9.77 Å². The third-order valence-corrected chi connectivity index (χ3v) is 8.75. The number of hydrogen-bond donors (Lipinski definition) is 1. The van der Waals surface area contributed by atoms with Crippen LogP contribution in [0.5, 0.6) is 0 Å². The average Bonchev–Trinajstić information content (AvgIpc) is 3.32. The summed E-state index contributed by atoms with van der Waals surface area (Å²) in [5.74, 6) is 0. The molecule has 4 aromatic rings. The van der Waals surface area contributed by atoms with Gasteiger partial charge in [0, 0.05) is 24.8 Å². The molecule has 0 unspecified atom stereocenters. The van der Waals surface area contributed by atoms with Crippen LogP contribution in [0.15, 0.2) is 82.5 Å². The Morgan fingerprint density at radius 2 is 1.79 bits per heavy atom. The standard InChI is InChI=1S/C26H27N3O3S2/c1-19-16-21-10-5-6-11-23(21)28(19)15-7-14-27-34(31,32)22-12-13-24-25(17-22)33-26(30)29(24)18-20-8-3-2-4-9-20/h2-6,8-13,17,19,27H,7,14-16,18H2,1H3/t19-/m0/s1. The van der Waals surface area contributed by atoms with Gasteiger partial charge >= 0.3 is 4.87 Å². The lowest BCUT2D eigenvalue weighted by atomic mass is 10.1. The molecule has 0 amide bonds. The van der Waals surface area contributed by atoms with E-state index in [4.69, 9.17) is 0 Å². The second kappa shape index (κ2) is 9.37. The van der Waals surface area contributed by atoms with Crippen molar-refractivity contribution in [1.82, 2.24) is 9.29 Å². The van der Waals surface area contributed by atoms with Crippen molar-refractivity contribution >= 4 is 37.3 Å². The number of aromatic nitrogens is 1. The predicted octanol–water partition coefficient (Wildman–Crippen LogP) is 4.23. The fraction of sp³-hybridized carbons (Fsp3) is 0.269. The smallest absolute Gasteiger partial charge is 0.308 e. The van der Waals surface area contributed by atoms with E-state index < -0.39 is 10.0 Å². The van der Waals surface area contributed by atoms with E-state index in [1.165, 1.54) is 11.3 Å². The third-order valence-electron chi connectivity index (χ3n) is 6.35. The third kappa shape index (κ3) is 4.53. The first-order valence-electron chi connectivity index (χ1n) is 11.4. The molecule has 6 nitrogen and oxygen atoms in total. The first-order chi connectivity index (χ1) is 16.4. The molecule has 1 atom stereocenters. The van der Waals surface area contributed by atoms with E-state index in [9.17, 15) is 13.2 Å². The number of hydrogen-bond acceptors (Lipinski definition) is 5. The van der Waals surface area contributed by atoms with E-state index in [0.29, 0.717) is 30.3 Å². The topological polar surface area (TPSA) is 71.4 Å². The van der Waals surface area contributed by atoms with Crippen LogP contribution in [0.2, 0.25) is 0 Å². The van der Waals surface area contributed by atoms with Crippen LogP contribution < -0.4 is 14.5 Å². The summed E-state index contributed by atoms with van der Waals surface area (Å²) in [7, 11) is -3.66. The van der Waals surface area contributed by atoms with E-state index >= 15 is 0 Å². The SMILES string of the molecule is C[C@H]1Cc2ccccc2N1CCCNS(=O)(=O)c1ccc2c(c1)sc(=O)n2Cc1ccccc1. The Morgan fingerprint density at radius 1 is 1.03 bits per heavy atom. The van der Waals surface area contributed by atoms with Gasteiger partial charge in [0.2, 0.25) is 10.0 Å². The van der Waals surface area contributed by atoms with E-state index in [2.05, 4.69) is 34.7 Å². The maximum Gasteiger partial charge on any atom is 0.308 e. The van der Waals surface area contributed by atoms with Gasteiger partial charge in [-0.1, -0.05) is 59.9 Å². The minimum atomic E-state index is -3.66. The number of fused-ring (bicyclic) bond motifs is 2. The maximum atomic E-state index is 12.9. The summed E-state index contributed by atoms with van der Waals surface area (Å²) in [5, 5.41) is 0. The molecular formula is C26H27N3O3S2. The highest BCUT2D eigenvalue weighted by Crippen LogP contribution is 2.31. The summed E-state index contributed by atoms with van der Waals surface area (Å²) in [6, 6.07) is 23.5. The van der Waals surface area contributed by atoms with Crippen LogP contribution in [-0.2, 0) is 23.0 Å². The lowest BCUT2D eigenvalue weighted by Crippen LogP contribution is -2.33. The highest BCUT2D eigenvalue weighted by Gasteiger charge is 2.25. The normalized spacial score (nSPS) is 15.7. The molecule has 1 aromatic heterocycles. The predicted molar refractivity (Wildman–Crippen MR) is 138 cm³/mol. The Morgan fingerprint density at radius 3 is 2.62 bits per heavy atom. The van der Waals surface area contributed by atoms with Crippen LogP contribution in [-0.4, -0.2) is 32.1 Å². The summed E-state index contributed by atoms with van der Waals surface area (Å²) in [6.45, 7) is 3.82. The monoisotopic (exact) mass is 493 g/mol. The number of para-hydroxylation sites is 1. The number of rotatable bonds is 8. The molecule has 3 aromatic carbocycles. The minimum Gasteiger partial charge on any atom is -0.368 e. The highest BCUT2D eigenvalue weighted by atomic mass is 32.2. The van der Waals surface area contributed by atoms with Gasteiger partial charge in [-0.05, 0) is 55.2 Å². The molecule has 0 saturated carbocycles. The van der Waals surface area contributed by atoms with Gasteiger partial charge in [0.05, 0.1) is 21.7 Å². The average molecular weight is 494 g/mol. The Balaban J connectivity index is 1.25. The summed E-state index contributed by atoms with van der Waals surface area (Å²) in [5.41, 5.74) is 4.37. The van der Waals surface area contributed by atoms with Crippen LogP contribution in [0.25, 0.3) is 10.2 Å². The molecule has 8 heteroatoms. The second-order valence-corrected chi connectivity index (χ2v) is 11.5. The van der Waals surface area contributed by atoms with Gasteiger partial charge in [-0.3, -0.25) is 9.36 Å². The summed E-state index contributed by atoms with van der Waals surface area (Å²) >= 11 is 1.08. The molecular weight excluding hydrogens is 466 g/mol. The molecule has 0 spiro atoms. The second-order valence-electron chi connectivity index (χ2n) is 8.70. The van der Waals surface area contributed by atoms with E-state index in [0.717, 1.165) is 35.4 Å². The number of thiazole rings is 1. The minimum absolute atomic E-state index is 0.0959. The molecule has 1 aliphatic rings. The number of nitrogens with one attached hydrogen (secondary N) is 1. The number of anilines is 1. The van der Waals surface area contributed by atoms with Crippen molar-refractivity contribution in [2.24, 2.45) is 0 Å². The van der Waals surface area contributed by atoms with Crippen molar-refractivity contribution in [3.8, 4) is 0 Å². The van der Waals surface area contributed by atoms with Crippen molar-refractivity contribution in [3.63, 3.8) is 0 Å². The fourth-order valence-electron chi connectivity index (χ4n) is 4.64. The lowest BCUT2D eigenvalue weighted by Gasteiger charge is -2.24. The quantitative estimate of drug-likeness (QED) is 0.373. The molecule has 0 saturated heterocycles. The summed E-state index contributed by atoms with van der Waals surface area (Å²) in [4.78, 5) is 15.0. The van der Waals surface area contributed by atoms with Crippen molar-refractivity contribution in [1.29, 1.82) is 0 Å². The van der Waals surface area contributed by atoms with Crippen LogP contribution in [0.4, 0.5) is 5.69 Å². The van der Waals surface area contributed by atoms with Gasteiger partial charge in [-0.15, -0.1) is 0 Å². The van der Waals surface area contributed by atoms with Crippen LogP contribution >= 0.6 is 11.3 Å². The molecule has 0 aliphatic carbocycles. The first-order valence-corrected chi connectivity index (χ1v) is 13.7. The van der Waals surface area contributed by atoms with Crippen molar-refractivity contribution in [3.05, 3.63) is 93.6 Å². The fourth-order valence-corrected chi connectivity index (χ4v) is 6.74.